The highest BCUT2D eigenvalue weighted by atomic mass is 32.2. The van der Waals surface area contributed by atoms with E-state index in [0.29, 0.717) is 6.54 Å². The van der Waals surface area contributed by atoms with Gasteiger partial charge >= 0.3 is 0 Å². The van der Waals surface area contributed by atoms with Gasteiger partial charge < -0.3 is 5.73 Å². The molecule has 8 heteroatoms. The Kier molecular flexibility index (Phi) is 3.19. The van der Waals surface area contributed by atoms with Crippen molar-refractivity contribution >= 4 is 15.8 Å². The SMILES string of the molecule is Nc1[nH]ncc1S(=O)(=O)N(Cc1ccncc1)C1CC1. The summed E-state index contributed by atoms with van der Waals surface area (Å²) in [5.74, 6) is 0.0744. The molecule has 2 aromatic heterocycles. The number of nitrogens with one attached hydrogen (secondary N) is 1. The van der Waals surface area contributed by atoms with Gasteiger partial charge in [0.15, 0.2) is 0 Å². The first-order chi connectivity index (χ1) is 9.59. The molecule has 1 fully saturated rings. The van der Waals surface area contributed by atoms with E-state index < -0.39 is 10.0 Å². The molecule has 0 unspecified atom stereocenters. The number of pyridine rings is 1. The zero-order chi connectivity index (χ0) is 14.2. The van der Waals surface area contributed by atoms with Gasteiger partial charge in [0.05, 0.1) is 6.20 Å². The molecule has 7 nitrogen and oxygen atoms in total. The Balaban J connectivity index is 1.93. The lowest BCUT2D eigenvalue weighted by Gasteiger charge is -2.21. The van der Waals surface area contributed by atoms with Crippen LogP contribution in [0.4, 0.5) is 5.82 Å². The van der Waals surface area contributed by atoms with E-state index in [4.69, 9.17) is 5.73 Å². The van der Waals surface area contributed by atoms with Crippen molar-refractivity contribution in [1.29, 1.82) is 0 Å². The van der Waals surface area contributed by atoms with Gasteiger partial charge in [-0.1, -0.05) is 0 Å². The maximum atomic E-state index is 12.7. The van der Waals surface area contributed by atoms with E-state index in [1.807, 2.05) is 12.1 Å². The monoisotopic (exact) mass is 293 g/mol. The molecule has 0 aliphatic heterocycles. The van der Waals surface area contributed by atoms with Crippen molar-refractivity contribution in [1.82, 2.24) is 19.5 Å². The molecular formula is C12H15N5O2S. The topological polar surface area (TPSA) is 105 Å². The molecule has 1 aliphatic rings. The number of H-pyrrole nitrogens is 1. The summed E-state index contributed by atoms with van der Waals surface area (Å²) < 4.78 is 26.8. The zero-order valence-electron chi connectivity index (χ0n) is 10.7. The molecule has 1 saturated carbocycles. The summed E-state index contributed by atoms with van der Waals surface area (Å²) in [5.41, 5.74) is 6.55. The normalized spacial score (nSPS) is 15.7. The maximum absolute atomic E-state index is 12.7. The first-order valence-corrected chi connectivity index (χ1v) is 7.72. The third-order valence-corrected chi connectivity index (χ3v) is 5.19. The summed E-state index contributed by atoms with van der Waals surface area (Å²) in [7, 11) is -3.63. The van der Waals surface area contributed by atoms with Crippen LogP contribution in [0.25, 0.3) is 0 Å². The number of nitrogens with zero attached hydrogens (tertiary/aromatic N) is 3. The van der Waals surface area contributed by atoms with Gasteiger partial charge in [0.2, 0.25) is 10.0 Å². The molecule has 0 amide bonds. The fourth-order valence-corrected chi connectivity index (χ4v) is 3.74. The Morgan fingerprint density at radius 2 is 2.05 bits per heavy atom. The van der Waals surface area contributed by atoms with Crippen molar-refractivity contribution in [3.05, 3.63) is 36.3 Å². The summed E-state index contributed by atoms with van der Waals surface area (Å²) in [5, 5.41) is 6.16. The van der Waals surface area contributed by atoms with Crippen LogP contribution in [0.5, 0.6) is 0 Å². The predicted octanol–water partition coefficient (Wildman–Crippen LogP) is 0.740. The van der Waals surface area contributed by atoms with Crippen LogP contribution < -0.4 is 5.73 Å². The molecule has 106 valence electrons. The van der Waals surface area contributed by atoms with Crippen LogP contribution in [-0.2, 0) is 16.6 Å². The summed E-state index contributed by atoms with van der Waals surface area (Å²) in [6, 6.07) is 3.66. The maximum Gasteiger partial charge on any atom is 0.248 e. The number of aromatic amines is 1. The number of nitrogens with two attached hydrogens (primary N) is 1. The second-order valence-electron chi connectivity index (χ2n) is 4.78. The summed E-state index contributed by atoms with van der Waals surface area (Å²) >= 11 is 0. The third-order valence-electron chi connectivity index (χ3n) is 3.26. The van der Waals surface area contributed by atoms with Crippen LogP contribution >= 0.6 is 0 Å². The fraction of sp³-hybridized carbons (Fsp3) is 0.333. The molecule has 3 N–H and O–H groups in total. The van der Waals surface area contributed by atoms with Crippen molar-refractivity contribution in [3.63, 3.8) is 0 Å². The van der Waals surface area contributed by atoms with E-state index in [2.05, 4.69) is 15.2 Å². The summed E-state index contributed by atoms with van der Waals surface area (Å²) in [6.45, 7) is 0.320. The molecule has 0 atom stereocenters. The lowest BCUT2D eigenvalue weighted by molar-refractivity contribution is 0.399. The van der Waals surface area contributed by atoms with E-state index in [0.717, 1.165) is 18.4 Å². The number of rotatable bonds is 5. The van der Waals surface area contributed by atoms with Crippen LogP contribution in [-0.4, -0.2) is 33.9 Å². The van der Waals surface area contributed by atoms with Gasteiger partial charge in [-0.3, -0.25) is 10.1 Å². The molecule has 0 aromatic carbocycles. The highest BCUT2D eigenvalue weighted by molar-refractivity contribution is 7.89. The molecule has 0 spiro atoms. The fourth-order valence-electron chi connectivity index (χ4n) is 2.06. The largest absolute Gasteiger partial charge is 0.383 e. The lowest BCUT2D eigenvalue weighted by atomic mass is 10.3. The van der Waals surface area contributed by atoms with Gasteiger partial charge in [-0.25, -0.2) is 8.42 Å². The van der Waals surface area contributed by atoms with Crippen LogP contribution in [0.15, 0.2) is 35.6 Å². The minimum absolute atomic E-state index is 0.0402. The first-order valence-electron chi connectivity index (χ1n) is 6.28. The highest BCUT2D eigenvalue weighted by Gasteiger charge is 2.39. The Bertz CT molecular complexity index is 694. The van der Waals surface area contributed by atoms with Gasteiger partial charge in [-0.15, -0.1) is 0 Å². The number of anilines is 1. The number of nitrogen functional groups attached to an aromatic ring is 1. The predicted molar refractivity (Wildman–Crippen MR) is 73.0 cm³/mol. The minimum atomic E-state index is -3.63. The van der Waals surface area contributed by atoms with Crippen molar-refractivity contribution in [3.8, 4) is 0 Å². The number of aromatic nitrogens is 3. The van der Waals surface area contributed by atoms with Crippen LogP contribution in [0.3, 0.4) is 0 Å². The van der Waals surface area contributed by atoms with Crippen LogP contribution in [0, 0.1) is 0 Å². The van der Waals surface area contributed by atoms with Crippen molar-refractivity contribution in [2.75, 3.05) is 5.73 Å². The van der Waals surface area contributed by atoms with Crippen molar-refractivity contribution < 1.29 is 8.42 Å². The lowest BCUT2D eigenvalue weighted by Crippen LogP contribution is -2.32. The van der Waals surface area contributed by atoms with E-state index in [-0.39, 0.29) is 16.8 Å². The number of sulfonamides is 1. The van der Waals surface area contributed by atoms with Crippen molar-refractivity contribution in [2.24, 2.45) is 0 Å². The van der Waals surface area contributed by atoms with Gasteiger partial charge in [-0.05, 0) is 30.5 Å². The van der Waals surface area contributed by atoms with E-state index in [1.165, 1.54) is 10.5 Å². The molecule has 0 bridgehead atoms. The quantitative estimate of drug-likeness (QED) is 0.846. The minimum Gasteiger partial charge on any atom is -0.383 e. The van der Waals surface area contributed by atoms with Gasteiger partial charge in [-0.2, -0.15) is 9.40 Å². The number of hydrogen-bond donors (Lipinski definition) is 2. The second kappa shape index (κ2) is 4.88. The molecule has 2 heterocycles. The van der Waals surface area contributed by atoms with Gasteiger partial charge in [0.1, 0.15) is 10.7 Å². The van der Waals surface area contributed by atoms with E-state index in [1.54, 1.807) is 12.4 Å². The Morgan fingerprint density at radius 1 is 1.35 bits per heavy atom. The average Bonchev–Trinajstić information content (AvgIpc) is 3.18. The Hall–Kier alpha value is -1.93. The molecule has 3 rings (SSSR count). The van der Waals surface area contributed by atoms with Crippen molar-refractivity contribution in [2.45, 2.75) is 30.3 Å². The van der Waals surface area contributed by atoms with Gasteiger partial charge in [0, 0.05) is 25.0 Å². The van der Waals surface area contributed by atoms with Crippen LogP contribution in [0.2, 0.25) is 0 Å². The number of hydrogen-bond acceptors (Lipinski definition) is 5. The molecule has 2 aromatic rings. The van der Waals surface area contributed by atoms with E-state index in [9.17, 15) is 8.42 Å². The Labute approximate surface area is 116 Å². The molecular weight excluding hydrogens is 278 g/mol. The second-order valence-corrected chi connectivity index (χ2v) is 6.64. The summed E-state index contributed by atoms with van der Waals surface area (Å²) in [6.07, 6.45) is 6.31. The molecule has 0 radical (unpaired) electrons. The zero-order valence-corrected chi connectivity index (χ0v) is 11.5. The third kappa shape index (κ3) is 2.39. The Morgan fingerprint density at radius 3 is 2.60 bits per heavy atom. The van der Waals surface area contributed by atoms with Gasteiger partial charge in [0.25, 0.3) is 0 Å². The van der Waals surface area contributed by atoms with Crippen LogP contribution in [0.1, 0.15) is 18.4 Å². The van der Waals surface area contributed by atoms with E-state index >= 15 is 0 Å². The smallest absolute Gasteiger partial charge is 0.248 e. The molecule has 1 aliphatic carbocycles. The molecule has 0 saturated heterocycles. The summed E-state index contributed by atoms with van der Waals surface area (Å²) in [4.78, 5) is 3.98. The first kappa shape index (κ1) is 13.1. The standard InChI is InChI=1S/C12H15N5O2S/c13-12-11(7-15-16-12)20(18,19)17(10-1-2-10)8-9-3-5-14-6-4-9/h3-7,10H,1-2,8H2,(H3,13,15,16). The average molecular weight is 293 g/mol. The highest BCUT2D eigenvalue weighted by Crippen LogP contribution is 2.34. The molecule has 20 heavy (non-hydrogen) atoms.